The summed E-state index contributed by atoms with van der Waals surface area (Å²) in [5.74, 6) is 0.908. The molecule has 0 amide bonds. The highest BCUT2D eigenvalue weighted by atomic mass is 79.9. The molecule has 4 nitrogen and oxygen atoms in total. The maximum Gasteiger partial charge on any atom is 0.128 e. The number of hydrogen-bond acceptors (Lipinski definition) is 3. The molecule has 0 radical (unpaired) electrons. The van der Waals surface area contributed by atoms with Crippen LogP contribution in [0.2, 0.25) is 0 Å². The van der Waals surface area contributed by atoms with Gasteiger partial charge in [-0.05, 0) is 32.0 Å². The predicted octanol–water partition coefficient (Wildman–Crippen LogP) is 3.60. The van der Waals surface area contributed by atoms with Gasteiger partial charge in [0.05, 0.1) is 11.9 Å². The van der Waals surface area contributed by atoms with Crippen molar-refractivity contribution in [2.45, 2.75) is 19.9 Å². The van der Waals surface area contributed by atoms with Crippen LogP contribution in [0.1, 0.15) is 25.5 Å². The molecule has 0 saturated heterocycles. The van der Waals surface area contributed by atoms with E-state index >= 15 is 0 Å². The highest BCUT2D eigenvalue weighted by Gasteiger charge is 2.10. The van der Waals surface area contributed by atoms with E-state index in [1.165, 1.54) is 0 Å². The third-order valence-corrected chi connectivity index (χ3v) is 3.38. The Bertz CT molecular complexity index is 606. The minimum absolute atomic E-state index is 0.276. The van der Waals surface area contributed by atoms with Gasteiger partial charge in [0.25, 0.3) is 0 Å². The second kappa shape index (κ2) is 5.71. The SMILES string of the molecule is CC(C)n1nccc1Nc1cc(Br)ccc1C(N)=S. The quantitative estimate of drug-likeness (QED) is 0.836. The number of halogens is 1. The van der Waals surface area contributed by atoms with Crippen molar-refractivity contribution < 1.29 is 0 Å². The Morgan fingerprint density at radius 3 is 2.79 bits per heavy atom. The molecule has 0 aliphatic rings. The molecule has 0 bridgehead atoms. The summed E-state index contributed by atoms with van der Waals surface area (Å²) in [6, 6.07) is 7.96. The molecule has 0 spiro atoms. The molecular formula is C13H15BrN4S. The van der Waals surface area contributed by atoms with E-state index in [1.807, 2.05) is 28.9 Å². The number of nitrogens with zero attached hydrogens (tertiary/aromatic N) is 2. The zero-order valence-corrected chi connectivity index (χ0v) is 13.1. The van der Waals surface area contributed by atoms with Gasteiger partial charge < -0.3 is 11.1 Å². The summed E-state index contributed by atoms with van der Waals surface area (Å²) >= 11 is 8.52. The Labute approximate surface area is 126 Å². The van der Waals surface area contributed by atoms with E-state index in [1.54, 1.807) is 6.20 Å². The van der Waals surface area contributed by atoms with Crippen LogP contribution in [0.25, 0.3) is 0 Å². The zero-order chi connectivity index (χ0) is 14.0. The van der Waals surface area contributed by atoms with Gasteiger partial charge in [0.15, 0.2) is 0 Å². The van der Waals surface area contributed by atoms with Gasteiger partial charge in [0, 0.05) is 22.1 Å². The van der Waals surface area contributed by atoms with Crippen molar-refractivity contribution in [2.75, 3.05) is 5.32 Å². The average Bonchev–Trinajstić information content (AvgIpc) is 2.76. The van der Waals surface area contributed by atoms with Crippen molar-refractivity contribution in [1.29, 1.82) is 0 Å². The van der Waals surface area contributed by atoms with Crippen LogP contribution in [0, 0.1) is 0 Å². The average molecular weight is 339 g/mol. The molecule has 2 rings (SSSR count). The number of thiocarbonyl (C=S) groups is 1. The Hall–Kier alpha value is -1.40. The van der Waals surface area contributed by atoms with E-state index in [4.69, 9.17) is 18.0 Å². The molecule has 3 N–H and O–H groups in total. The zero-order valence-electron chi connectivity index (χ0n) is 10.7. The Morgan fingerprint density at radius 2 is 2.16 bits per heavy atom. The second-order valence-electron chi connectivity index (χ2n) is 4.43. The molecule has 2 aromatic rings. The van der Waals surface area contributed by atoms with Gasteiger partial charge in [0.1, 0.15) is 10.8 Å². The number of aromatic nitrogens is 2. The van der Waals surface area contributed by atoms with Gasteiger partial charge in [-0.25, -0.2) is 4.68 Å². The van der Waals surface area contributed by atoms with E-state index in [0.29, 0.717) is 4.99 Å². The molecule has 0 saturated carbocycles. The molecule has 6 heteroatoms. The summed E-state index contributed by atoms with van der Waals surface area (Å²) in [7, 11) is 0. The van der Waals surface area contributed by atoms with E-state index in [9.17, 15) is 0 Å². The minimum atomic E-state index is 0.276. The fraction of sp³-hybridized carbons (Fsp3) is 0.231. The standard InChI is InChI=1S/C13H15BrN4S/c1-8(2)18-12(5-6-16-18)17-11-7-9(14)3-4-10(11)13(15)19/h3-8,17H,1-2H3,(H2,15,19). The first-order chi connectivity index (χ1) is 8.99. The molecule has 1 heterocycles. The van der Waals surface area contributed by atoms with Crippen molar-refractivity contribution in [3.05, 3.63) is 40.5 Å². The molecule has 19 heavy (non-hydrogen) atoms. The van der Waals surface area contributed by atoms with E-state index in [0.717, 1.165) is 21.5 Å². The van der Waals surface area contributed by atoms with Crippen LogP contribution in [-0.4, -0.2) is 14.8 Å². The summed E-state index contributed by atoms with van der Waals surface area (Å²) in [5, 5.41) is 7.61. The smallest absolute Gasteiger partial charge is 0.128 e. The van der Waals surface area contributed by atoms with Gasteiger partial charge in [-0.3, -0.25) is 0 Å². The first-order valence-corrected chi connectivity index (χ1v) is 7.09. The lowest BCUT2D eigenvalue weighted by molar-refractivity contribution is 0.540. The Morgan fingerprint density at radius 1 is 1.42 bits per heavy atom. The van der Waals surface area contributed by atoms with Crippen LogP contribution in [0.5, 0.6) is 0 Å². The summed E-state index contributed by atoms with van der Waals surface area (Å²) in [4.78, 5) is 0.366. The molecule has 0 fully saturated rings. The summed E-state index contributed by atoms with van der Waals surface area (Å²) < 4.78 is 2.87. The molecule has 0 aliphatic carbocycles. The largest absolute Gasteiger partial charge is 0.389 e. The maximum absolute atomic E-state index is 5.75. The number of rotatable bonds is 4. The Balaban J connectivity index is 2.40. The van der Waals surface area contributed by atoms with E-state index in [2.05, 4.69) is 40.2 Å². The predicted molar refractivity (Wildman–Crippen MR) is 85.9 cm³/mol. The first-order valence-electron chi connectivity index (χ1n) is 5.89. The molecular weight excluding hydrogens is 324 g/mol. The molecule has 1 aromatic heterocycles. The number of hydrogen-bond donors (Lipinski definition) is 2. The van der Waals surface area contributed by atoms with Crippen molar-refractivity contribution in [3.8, 4) is 0 Å². The van der Waals surface area contributed by atoms with Crippen molar-refractivity contribution in [3.63, 3.8) is 0 Å². The lowest BCUT2D eigenvalue weighted by Gasteiger charge is -2.15. The van der Waals surface area contributed by atoms with Crippen molar-refractivity contribution in [2.24, 2.45) is 5.73 Å². The fourth-order valence-electron chi connectivity index (χ4n) is 1.80. The monoisotopic (exact) mass is 338 g/mol. The molecule has 0 aliphatic heterocycles. The topological polar surface area (TPSA) is 55.9 Å². The molecule has 0 atom stereocenters. The van der Waals surface area contributed by atoms with Gasteiger partial charge >= 0.3 is 0 Å². The van der Waals surface area contributed by atoms with Crippen molar-refractivity contribution in [1.82, 2.24) is 9.78 Å². The summed E-state index contributed by atoms with van der Waals surface area (Å²) in [6.45, 7) is 4.15. The number of benzene rings is 1. The molecule has 1 aromatic carbocycles. The van der Waals surface area contributed by atoms with Gasteiger partial charge in [-0.2, -0.15) is 5.10 Å². The number of nitrogens with one attached hydrogen (secondary N) is 1. The highest BCUT2D eigenvalue weighted by Crippen LogP contribution is 2.26. The Kier molecular flexibility index (Phi) is 4.21. The van der Waals surface area contributed by atoms with Gasteiger partial charge in [0.2, 0.25) is 0 Å². The third-order valence-electron chi connectivity index (χ3n) is 2.67. The maximum atomic E-state index is 5.75. The molecule has 100 valence electrons. The van der Waals surface area contributed by atoms with Crippen LogP contribution >= 0.6 is 28.1 Å². The van der Waals surface area contributed by atoms with Crippen LogP contribution in [0.4, 0.5) is 11.5 Å². The highest BCUT2D eigenvalue weighted by molar-refractivity contribution is 9.10. The lowest BCUT2D eigenvalue weighted by Crippen LogP contribution is -2.13. The third kappa shape index (κ3) is 3.13. The summed E-state index contributed by atoms with van der Waals surface area (Å²) in [5.41, 5.74) is 7.42. The van der Waals surface area contributed by atoms with Crippen LogP contribution in [0.15, 0.2) is 34.9 Å². The lowest BCUT2D eigenvalue weighted by atomic mass is 10.2. The van der Waals surface area contributed by atoms with Crippen LogP contribution in [0.3, 0.4) is 0 Å². The number of anilines is 2. The van der Waals surface area contributed by atoms with E-state index < -0.39 is 0 Å². The van der Waals surface area contributed by atoms with Crippen LogP contribution < -0.4 is 11.1 Å². The van der Waals surface area contributed by atoms with Crippen LogP contribution in [-0.2, 0) is 0 Å². The first kappa shape index (κ1) is 14.0. The number of nitrogens with two attached hydrogens (primary N) is 1. The minimum Gasteiger partial charge on any atom is -0.389 e. The fourth-order valence-corrected chi connectivity index (χ4v) is 2.34. The van der Waals surface area contributed by atoms with Crippen molar-refractivity contribution >= 4 is 44.6 Å². The second-order valence-corrected chi connectivity index (χ2v) is 5.79. The van der Waals surface area contributed by atoms with E-state index in [-0.39, 0.29) is 6.04 Å². The van der Waals surface area contributed by atoms with Gasteiger partial charge in [-0.15, -0.1) is 0 Å². The normalized spacial score (nSPS) is 10.7. The summed E-state index contributed by atoms with van der Waals surface area (Å²) in [6.07, 6.45) is 1.76. The molecule has 0 unspecified atom stereocenters. The van der Waals surface area contributed by atoms with Gasteiger partial charge in [-0.1, -0.05) is 28.1 Å².